The number of thiazole rings is 1. The number of anilines is 1. The summed E-state index contributed by atoms with van der Waals surface area (Å²) in [6.07, 6.45) is 1.65. The van der Waals surface area contributed by atoms with Crippen molar-refractivity contribution in [3.63, 3.8) is 0 Å². The van der Waals surface area contributed by atoms with Crippen molar-refractivity contribution in [1.29, 1.82) is 5.26 Å². The van der Waals surface area contributed by atoms with Gasteiger partial charge in [-0.25, -0.2) is 4.98 Å². The summed E-state index contributed by atoms with van der Waals surface area (Å²) in [4.78, 5) is 18.6. The van der Waals surface area contributed by atoms with Crippen LogP contribution >= 0.6 is 11.3 Å². The number of nitrogens with zero attached hydrogens (tertiary/aromatic N) is 3. The van der Waals surface area contributed by atoms with Crippen molar-refractivity contribution >= 4 is 23.1 Å². The van der Waals surface area contributed by atoms with Crippen molar-refractivity contribution in [2.24, 2.45) is 0 Å². The molecule has 24 heavy (non-hydrogen) atoms. The first-order chi connectivity index (χ1) is 11.6. The highest BCUT2D eigenvalue weighted by molar-refractivity contribution is 7.09. The Bertz CT molecular complexity index is 763. The Morgan fingerprint density at radius 1 is 1.58 bits per heavy atom. The fourth-order valence-corrected chi connectivity index (χ4v) is 3.29. The van der Waals surface area contributed by atoms with Gasteiger partial charge >= 0.3 is 0 Å². The van der Waals surface area contributed by atoms with Crippen molar-refractivity contribution < 1.29 is 13.9 Å². The quantitative estimate of drug-likeness (QED) is 0.913. The van der Waals surface area contributed by atoms with E-state index in [2.05, 4.69) is 16.4 Å². The molecule has 1 N–H and O–H groups in total. The van der Waals surface area contributed by atoms with Crippen LogP contribution < -0.4 is 5.32 Å². The van der Waals surface area contributed by atoms with Gasteiger partial charge < -0.3 is 9.15 Å². The SMILES string of the molecule is Cc1oc(NC(=O)CN2CCO[C@H](c3nccs3)C2)c(C#N)c1C. The predicted molar refractivity (Wildman–Crippen MR) is 88.8 cm³/mol. The minimum atomic E-state index is -0.208. The maximum atomic E-state index is 12.3. The minimum Gasteiger partial charge on any atom is -0.444 e. The van der Waals surface area contributed by atoms with Crippen molar-refractivity contribution in [3.05, 3.63) is 33.5 Å². The van der Waals surface area contributed by atoms with Gasteiger partial charge in [-0.2, -0.15) is 5.26 Å². The monoisotopic (exact) mass is 346 g/mol. The fraction of sp³-hybridized carbons (Fsp3) is 0.438. The molecule has 3 rings (SSSR count). The van der Waals surface area contributed by atoms with E-state index in [-0.39, 0.29) is 24.4 Å². The summed E-state index contributed by atoms with van der Waals surface area (Å²) in [5.41, 5.74) is 1.13. The lowest BCUT2D eigenvalue weighted by Crippen LogP contribution is -2.42. The smallest absolute Gasteiger partial charge is 0.240 e. The van der Waals surface area contributed by atoms with Gasteiger partial charge in [-0.15, -0.1) is 11.3 Å². The lowest BCUT2D eigenvalue weighted by atomic mass is 10.2. The molecule has 0 unspecified atom stereocenters. The average molecular weight is 346 g/mol. The molecule has 0 saturated carbocycles. The number of rotatable bonds is 4. The Hall–Kier alpha value is -2.21. The predicted octanol–water partition coefficient (Wildman–Crippen LogP) is 2.24. The number of aryl methyl sites for hydroxylation is 1. The number of morpholine rings is 1. The second kappa shape index (κ2) is 7.13. The van der Waals surface area contributed by atoms with Gasteiger partial charge in [-0.3, -0.25) is 15.0 Å². The van der Waals surface area contributed by atoms with Crippen molar-refractivity contribution in [1.82, 2.24) is 9.88 Å². The molecule has 1 aliphatic rings. The Labute approximate surface area is 143 Å². The molecule has 0 bridgehead atoms. The summed E-state index contributed by atoms with van der Waals surface area (Å²) in [6, 6.07) is 2.07. The number of furan rings is 1. The molecule has 0 aliphatic carbocycles. The number of ether oxygens (including phenoxy) is 1. The number of carbonyl (C=O) groups is 1. The normalized spacial score (nSPS) is 18.3. The Morgan fingerprint density at radius 2 is 2.42 bits per heavy atom. The highest BCUT2D eigenvalue weighted by atomic mass is 32.1. The van der Waals surface area contributed by atoms with Crippen LogP contribution in [0.5, 0.6) is 0 Å². The van der Waals surface area contributed by atoms with Gasteiger partial charge in [0.15, 0.2) is 0 Å². The van der Waals surface area contributed by atoms with Crippen molar-refractivity contribution in [2.45, 2.75) is 20.0 Å². The highest BCUT2D eigenvalue weighted by Gasteiger charge is 2.26. The van der Waals surface area contributed by atoms with Crippen molar-refractivity contribution in [3.8, 4) is 6.07 Å². The van der Waals surface area contributed by atoms with Crippen LogP contribution in [0.1, 0.15) is 28.0 Å². The number of aromatic nitrogens is 1. The second-order valence-corrected chi connectivity index (χ2v) is 6.54. The zero-order valence-electron chi connectivity index (χ0n) is 13.5. The molecule has 1 amide bonds. The number of hydrogen-bond donors (Lipinski definition) is 1. The molecule has 0 aromatic carbocycles. The molecule has 3 heterocycles. The number of hydrogen-bond acceptors (Lipinski definition) is 7. The third kappa shape index (κ3) is 3.48. The molecular weight excluding hydrogens is 328 g/mol. The zero-order valence-corrected chi connectivity index (χ0v) is 14.4. The molecule has 0 spiro atoms. The van der Waals surface area contributed by atoms with Gasteiger partial charge in [0.2, 0.25) is 11.8 Å². The van der Waals surface area contributed by atoms with Crippen LogP contribution in [-0.2, 0) is 9.53 Å². The molecule has 7 nitrogen and oxygen atoms in total. The van der Waals surface area contributed by atoms with E-state index >= 15 is 0 Å². The topological polar surface area (TPSA) is 91.4 Å². The summed E-state index contributed by atoms with van der Waals surface area (Å²) in [5, 5.41) is 14.7. The standard InChI is InChI=1S/C16H18N4O3S/c1-10-11(2)23-15(12(10)7-17)19-14(21)9-20-4-5-22-13(8-20)16-18-3-6-24-16/h3,6,13H,4-5,8-9H2,1-2H3,(H,19,21)/t13-/m0/s1. The van der Waals surface area contributed by atoms with Gasteiger partial charge in [0.05, 0.1) is 13.2 Å². The molecular formula is C16H18N4O3S. The number of carbonyl (C=O) groups excluding carboxylic acids is 1. The van der Waals surface area contributed by atoms with Gasteiger partial charge in [0, 0.05) is 30.2 Å². The Morgan fingerprint density at radius 3 is 3.12 bits per heavy atom. The minimum absolute atomic E-state index is 0.102. The average Bonchev–Trinajstić information content (AvgIpc) is 3.17. The van der Waals surface area contributed by atoms with Crippen LogP contribution in [0.15, 0.2) is 16.0 Å². The fourth-order valence-electron chi connectivity index (χ4n) is 2.61. The van der Waals surface area contributed by atoms with Crippen molar-refractivity contribution in [2.75, 3.05) is 31.6 Å². The largest absolute Gasteiger partial charge is 0.444 e. The van der Waals surface area contributed by atoms with Crippen LogP contribution in [0.25, 0.3) is 0 Å². The first-order valence-electron chi connectivity index (χ1n) is 7.61. The third-order valence-corrected chi connectivity index (χ3v) is 4.86. The lowest BCUT2D eigenvalue weighted by molar-refractivity contribution is -0.119. The summed E-state index contributed by atoms with van der Waals surface area (Å²) in [7, 11) is 0. The zero-order chi connectivity index (χ0) is 17.1. The third-order valence-electron chi connectivity index (χ3n) is 3.99. The molecule has 1 atom stereocenters. The molecule has 1 aliphatic heterocycles. The summed E-state index contributed by atoms with van der Waals surface area (Å²) < 4.78 is 11.2. The summed E-state index contributed by atoms with van der Waals surface area (Å²) in [5.74, 6) is 0.652. The van der Waals surface area contributed by atoms with E-state index in [0.717, 1.165) is 10.6 Å². The van der Waals surface area contributed by atoms with Crippen LogP contribution in [0.2, 0.25) is 0 Å². The van der Waals surface area contributed by atoms with E-state index in [1.54, 1.807) is 31.4 Å². The maximum absolute atomic E-state index is 12.3. The summed E-state index contributed by atoms with van der Waals surface area (Å²) in [6.45, 7) is 5.63. The van der Waals surface area contributed by atoms with E-state index in [4.69, 9.17) is 9.15 Å². The summed E-state index contributed by atoms with van der Waals surface area (Å²) >= 11 is 1.55. The van der Waals surface area contributed by atoms with E-state index < -0.39 is 0 Å². The van der Waals surface area contributed by atoms with E-state index in [1.165, 1.54) is 0 Å². The number of nitriles is 1. The maximum Gasteiger partial charge on any atom is 0.240 e. The first kappa shape index (κ1) is 16.6. The first-order valence-corrected chi connectivity index (χ1v) is 8.49. The Kier molecular flexibility index (Phi) is 4.94. The molecule has 1 saturated heterocycles. The molecule has 0 radical (unpaired) electrons. The molecule has 2 aromatic heterocycles. The van der Waals surface area contributed by atoms with Gasteiger partial charge in [0.25, 0.3) is 0 Å². The molecule has 8 heteroatoms. The van der Waals surface area contributed by atoms with Gasteiger partial charge in [0.1, 0.15) is 28.5 Å². The highest BCUT2D eigenvalue weighted by Crippen LogP contribution is 2.26. The van der Waals surface area contributed by atoms with Gasteiger partial charge in [-0.05, 0) is 13.8 Å². The van der Waals surface area contributed by atoms with Crippen LogP contribution in [0.3, 0.4) is 0 Å². The number of nitrogens with one attached hydrogen (secondary N) is 1. The second-order valence-electron chi connectivity index (χ2n) is 5.61. The number of amides is 1. The van der Waals surface area contributed by atoms with Crippen LogP contribution in [0, 0.1) is 25.2 Å². The van der Waals surface area contributed by atoms with Gasteiger partial charge in [-0.1, -0.05) is 0 Å². The van der Waals surface area contributed by atoms with E-state index in [1.807, 2.05) is 10.3 Å². The molecule has 126 valence electrons. The molecule has 2 aromatic rings. The lowest BCUT2D eigenvalue weighted by Gasteiger charge is -2.31. The molecule has 1 fully saturated rings. The van der Waals surface area contributed by atoms with E-state index in [0.29, 0.717) is 31.0 Å². The van der Waals surface area contributed by atoms with Crippen LogP contribution in [-0.4, -0.2) is 42.0 Å². The van der Waals surface area contributed by atoms with E-state index in [9.17, 15) is 10.1 Å². The Balaban J connectivity index is 1.61. The van der Waals surface area contributed by atoms with Crippen LogP contribution in [0.4, 0.5) is 5.88 Å².